The summed E-state index contributed by atoms with van der Waals surface area (Å²) >= 11 is 0. The molecule has 2 heterocycles. The van der Waals surface area contributed by atoms with E-state index in [-0.39, 0.29) is 28.9 Å². The van der Waals surface area contributed by atoms with Crippen molar-refractivity contribution < 1.29 is 21.6 Å². The Kier molecular flexibility index (Phi) is 5.06. The van der Waals surface area contributed by atoms with E-state index in [4.69, 9.17) is 0 Å². The highest BCUT2D eigenvalue weighted by molar-refractivity contribution is 7.89. The van der Waals surface area contributed by atoms with Crippen molar-refractivity contribution in [1.82, 2.24) is 19.7 Å². The van der Waals surface area contributed by atoms with Gasteiger partial charge in [0.2, 0.25) is 0 Å². The largest absolute Gasteiger partial charge is 0.352 e. The molecule has 0 spiro atoms. The molecule has 6 nitrogen and oxygen atoms in total. The van der Waals surface area contributed by atoms with E-state index in [1.165, 1.54) is 30.7 Å². The van der Waals surface area contributed by atoms with Crippen LogP contribution in [0.15, 0.2) is 53.9 Å². The fourth-order valence-electron chi connectivity index (χ4n) is 4.34. The molecule has 0 aliphatic heterocycles. The first kappa shape index (κ1) is 20.8. The van der Waals surface area contributed by atoms with Gasteiger partial charge in [-0.25, -0.2) is 31.3 Å². The number of fused-ring (bicyclic) bond motifs is 1. The lowest BCUT2D eigenvalue weighted by Crippen LogP contribution is -2.35. The van der Waals surface area contributed by atoms with Gasteiger partial charge in [0.25, 0.3) is 10.0 Å². The van der Waals surface area contributed by atoms with Crippen LogP contribution in [0.4, 0.5) is 13.2 Å². The minimum absolute atomic E-state index is 0.00505. The van der Waals surface area contributed by atoms with Crippen LogP contribution in [0, 0.1) is 23.4 Å². The summed E-state index contributed by atoms with van der Waals surface area (Å²) in [6.07, 6.45) is 3.81. The van der Waals surface area contributed by atoms with Crippen molar-refractivity contribution >= 4 is 20.9 Å². The average molecular weight is 460 g/mol. The van der Waals surface area contributed by atoms with Gasteiger partial charge in [-0.05, 0) is 66.1 Å². The molecule has 1 fully saturated rings. The number of hydrogen-bond donors (Lipinski definition) is 3. The van der Waals surface area contributed by atoms with Crippen LogP contribution in [0.1, 0.15) is 24.3 Å². The molecule has 1 aliphatic rings. The SMILES string of the molecule is O=S(=O)(NCC1CC(c2c(-c3ccc(F)cc3)[nH]c3c(F)cc(F)cc23)C1)c1cnc[nH]1. The lowest BCUT2D eigenvalue weighted by Gasteiger charge is -2.36. The van der Waals surface area contributed by atoms with Gasteiger partial charge in [0.1, 0.15) is 17.5 Å². The minimum atomic E-state index is -3.67. The highest BCUT2D eigenvalue weighted by Crippen LogP contribution is 2.48. The first-order valence-electron chi connectivity index (χ1n) is 10.1. The van der Waals surface area contributed by atoms with Gasteiger partial charge >= 0.3 is 0 Å². The first-order chi connectivity index (χ1) is 15.3. The van der Waals surface area contributed by atoms with Crippen LogP contribution in [0.3, 0.4) is 0 Å². The molecule has 4 aromatic rings. The van der Waals surface area contributed by atoms with Crippen LogP contribution in [-0.2, 0) is 10.0 Å². The Bertz CT molecular complexity index is 1380. The Balaban J connectivity index is 1.42. The zero-order chi connectivity index (χ0) is 22.5. The lowest BCUT2D eigenvalue weighted by atomic mass is 9.70. The smallest absolute Gasteiger partial charge is 0.257 e. The molecular formula is C22H19F3N4O2S. The fraction of sp³-hybridized carbons (Fsp3) is 0.227. The number of benzene rings is 2. The number of H-pyrrole nitrogens is 2. The summed E-state index contributed by atoms with van der Waals surface area (Å²) in [4.78, 5) is 9.33. The Morgan fingerprint density at radius 2 is 1.81 bits per heavy atom. The number of aromatic nitrogens is 3. The number of aromatic amines is 2. The second-order valence-corrected chi connectivity index (χ2v) is 9.77. The Labute approximate surface area is 181 Å². The molecule has 0 radical (unpaired) electrons. The van der Waals surface area contributed by atoms with E-state index in [0.29, 0.717) is 29.5 Å². The van der Waals surface area contributed by atoms with Gasteiger partial charge in [0, 0.05) is 18.0 Å². The molecule has 32 heavy (non-hydrogen) atoms. The number of halogens is 3. The number of rotatable bonds is 6. The average Bonchev–Trinajstić information content (AvgIpc) is 3.37. The van der Waals surface area contributed by atoms with Gasteiger partial charge in [-0.1, -0.05) is 0 Å². The molecule has 0 bridgehead atoms. The lowest BCUT2D eigenvalue weighted by molar-refractivity contribution is 0.267. The molecule has 5 rings (SSSR count). The van der Waals surface area contributed by atoms with Crippen LogP contribution in [-0.4, -0.2) is 29.9 Å². The van der Waals surface area contributed by atoms with E-state index >= 15 is 0 Å². The number of nitrogens with zero attached hydrogens (tertiary/aromatic N) is 1. The van der Waals surface area contributed by atoms with Gasteiger partial charge < -0.3 is 9.97 Å². The topological polar surface area (TPSA) is 90.6 Å². The van der Waals surface area contributed by atoms with Gasteiger partial charge in [-0.2, -0.15) is 0 Å². The molecule has 1 aliphatic carbocycles. The predicted octanol–water partition coefficient (Wildman–Crippen LogP) is 4.45. The summed E-state index contributed by atoms with van der Waals surface area (Å²) in [6.45, 7) is 0.245. The molecule has 0 unspecified atom stereocenters. The zero-order valence-electron chi connectivity index (χ0n) is 16.7. The van der Waals surface area contributed by atoms with Gasteiger partial charge in [-0.15, -0.1) is 0 Å². The van der Waals surface area contributed by atoms with E-state index in [9.17, 15) is 21.6 Å². The number of imidazole rings is 1. The summed E-state index contributed by atoms with van der Waals surface area (Å²) < 4.78 is 69.0. The molecule has 0 saturated heterocycles. The van der Waals surface area contributed by atoms with Gasteiger partial charge in [0.15, 0.2) is 5.03 Å². The third-order valence-electron chi connectivity index (χ3n) is 5.97. The van der Waals surface area contributed by atoms with E-state index in [2.05, 4.69) is 19.7 Å². The van der Waals surface area contributed by atoms with E-state index in [1.54, 1.807) is 12.1 Å². The van der Waals surface area contributed by atoms with Crippen molar-refractivity contribution in [3.05, 3.63) is 71.9 Å². The maximum atomic E-state index is 14.5. The monoisotopic (exact) mass is 460 g/mol. The second kappa shape index (κ2) is 7.79. The van der Waals surface area contributed by atoms with E-state index in [0.717, 1.165) is 11.6 Å². The number of nitrogens with one attached hydrogen (secondary N) is 3. The summed E-state index contributed by atoms with van der Waals surface area (Å²) in [6, 6.07) is 7.93. The van der Waals surface area contributed by atoms with Crippen molar-refractivity contribution in [2.24, 2.45) is 5.92 Å². The van der Waals surface area contributed by atoms with Crippen molar-refractivity contribution in [2.75, 3.05) is 6.54 Å². The van der Waals surface area contributed by atoms with Crippen LogP contribution in [0.5, 0.6) is 0 Å². The Morgan fingerprint density at radius 3 is 2.50 bits per heavy atom. The summed E-state index contributed by atoms with van der Waals surface area (Å²) in [5, 5.41) is 0.442. The fourth-order valence-corrected chi connectivity index (χ4v) is 5.36. The molecule has 1 saturated carbocycles. The van der Waals surface area contributed by atoms with Crippen LogP contribution < -0.4 is 4.72 Å². The molecule has 2 aromatic heterocycles. The van der Waals surface area contributed by atoms with Crippen LogP contribution in [0.25, 0.3) is 22.2 Å². The molecule has 166 valence electrons. The summed E-state index contributed by atoms with van der Waals surface area (Å²) in [5.41, 5.74) is 2.24. The Hall–Kier alpha value is -3.11. The molecule has 0 atom stereocenters. The summed E-state index contributed by atoms with van der Waals surface area (Å²) in [7, 11) is -3.67. The highest BCUT2D eigenvalue weighted by atomic mass is 32.2. The molecule has 2 aromatic carbocycles. The number of hydrogen-bond acceptors (Lipinski definition) is 3. The quantitative estimate of drug-likeness (QED) is 0.397. The number of sulfonamides is 1. The maximum Gasteiger partial charge on any atom is 0.257 e. The minimum Gasteiger partial charge on any atom is -0.352 e. The van der Waals surface area contributed by atoms with Crippen molar-refractivity contribution in [3.63, 3.8) is 0 Å². The van der Waals surface area contributed by atoms with Crippen molar-refractivity contribution in [1.29, 1.82) is 0 Å². The van der Waals surface area contributed by atoms with Crippen LogP contribution in [0.2, 0.25) is 0 Å². The molecule has 0 amide bonds. The third-order valence-corrected chi connectivity index (χ3v) is 7.32. The van der Waals surface area contributed by atoms with Gasteiger partial charge in [0.05, 0.1) is 23.7 Å². The zero-order valence-corrected chi connectivity index (χ0v) is 17.5. The first-order valence-corrected chi connectivity index (χ1v) is 11.5. The predicted molar refractivity (Wildman–Crippen MR) is 113 cm³/mol. The van der Waals surface area contributed by atoms with Crippen molar-refractivity contribution in [3.8, 4) is 11.3 Å². The normalized spacial score (nSPS) is 18.7. The second-order valence-electron chi connectivity index (χ2n) is 8.03. The van der Waals surface area contributed by atoms with Crippen molar-refractivity contribution in [2.45, 2.75) is 23.8 Å². The summed E-state index contributed by atoms with van der Waals surface area (Å²) in [5.74, 6) is -1.72. The molecular weight excluding hydrogens is 441 g/mol. The van der Waals surface area contributed by atoms with Gasteiger partial charge in [-0.3, -0.25) is 0 Å². The Morgan fingerprint density at radius 1 is 1.06 bits per heavy atom. The molecule has 10 heteroatoms. The third kappa shape index (κ3) is 3.69. The van der Waals surface area contributed by atoms with E-state index in [1.807, 2.05) is 0 Å². The van der Waals surface area contributed by atoms with Crippen LogP contribution >= 0.6 is 0 Å². The standard InChI is InChI=1S/C22H19F3N4O2S/c23-15-3-1-13(2-4-15)21-20(17-7-16(24)8-18(25)22(17)29-21)14-5-12(6-14)9-28-32(30,31)19-10-26-11-27-19/h1-4,7-8,10-12,14,28-29H,5-6,9H2,(H,26,27). The maximum absolute atomic E-state index is 14.5. The van der Waals surface area contributed by atoms with E-state index < -0.39 is 27.5 Å². The highest BCUT2D eigenvalue weighted by Gasteiger charge is 2.35. The molecule has 3 N–H and O–H groups in total.